The Morgan fingerprint density at radius 2 is 1.49 bits per heavy atom. The molecule has 2 aliphatic heterocycles. The summed E-state index contributed by atoms with van der Waals surface area (Å²) < 4.78 is 6.15. The largest absolute Gasteiger partial charge is 0.347 e. The van der Waals surface area contributed by atoms with Crippen LogP contribution in [0.25, 0.3) is 0 Å². The number of β-lactam (4-membered cyclic amide) rings is 1. The van der Waals surface area contributed by atoms with E-state index in [4.69, 9.17) is 4.74 Å². The van der Waals surface area contributed by atoms with Crippen molar-refractivity contribution < 1.29 is 19.1 Å². The quantitative estimate of drug-likeness (QED) is 0.610. The van der Waals surface area contributed by atoms with Gasteiger partial charge in [0.05, 0.1) is 11.5 Å². The van der Waals surface area contributed by atoms with E-state index in [2.05, 4.69) is 10.2 Å². The number of nitrogens with zero attached hydrogens (tertiary/aromatic N) is 3. The van der Waals surface area contributed by atoms with E-state index in [1.54, 1.807) is 4.90 Å². The Morgan fingerprint density at radius 1 is 0.919 bits per heavy atom. The predicted molar refractivity (Wildman–Crippen MR) is 139 cm³/mol. The molecule has 2 aromatic rings. The molecule has 3 aliphatic rings. The molecular formula is C29H36N4O4. The van der Waals surface area contributed by atoms with Crippen molar-refractivity contribution in [1.82, 2.24) is 20.0 Å². The van der Waals surface area contributed by atoms with Crippen molar-refractivity contribution in [2.45, 2.75) is 44.4 Å². The Balaban J connectivity index is 1.33. The molecule has 1 unspecified atom stereocenters. The van der Waals surface area contributed by atoms with E-state index < -0.39 is 23.7 Å². The van der Waals surface area contributed by atoms with Crippen LogP contribution in [0.3, 0.4) is 0 Å². The van der Waals surface area contributed by atoms with Crippen LogP contribution in [0.5, 0.6) is 0 Å². The number of likely N-dealkylation sites (N-methyl/N-ethyl adjacent to an activating group) is 1. The lowest BCUT2D eigenvalue weighted by atomic mass is 9.66. The van der Waals surface area contributed by atoms with Crippen LogP contribution in [0.15, 0.2) is 60.7 Å². The second-order valence-electron chi connectivity index (χ2n) is 10.4. The summed E-state index contributed by atoms with van der Waals surface area (Å²) in [6.07, 6.45) is 3.55. The summed E-state index contributed by atoms with van der Waals surface area (Å²) in [6.45, 7) is 2.84. The van der Waals surface area contributed by atoms with Gasteiger partial charge in [-0.1, -0.05) is 79.9 Å². The fraction of sp³-hybridized carbons (Fsp3) is 0.483. The van der Waals surface area contributed by atoms with Gasteiger partial charge in [-0.2, -0.15) is 0 Å². The number of imide groups is 1. The maximum Gasteiger partial charge on any atom is 0.327 e. The molecule has 1 N–H and O–H groups in total. The third kappa shape index (κ3) is 5.13. The fourth-order valence-corrected chi connectivity index (χ4v) is 5.85. The van der Waals surface area contributed by atoms with E-state index in [1.165, 1.54) is 4.90 Å². The van der Waals surface area contributed by atoms with Crippen LogP contribution in [-0.2, 0) is 14.3 Å². The number of amides is 4. The zero-order valence-corrected chi connectivity index (χ0v) is 21.5. The third-order valence-corrected chi connectivity index (χ3v) is 8.07. The van der Waals surface area contributed by atoms with E-state index in [0.717, 1.165) is 43.5 Å². The Hall–Kier alpha value is -3.23. The highest BCUT2D eigenvalue weighted by molar-refractivity contribution is 6.03. The third-order valence-electron chi connectivity index (χ3n) is 8.07. The number of carbonyl (C=O) groups excluding carboxylic acids is 3. The molecule has 37 heavy (non-hydrogen) atoms. The van der Waals surface area contributed by atoms with E-state index in [0.29, 0.717) is 25.9 Å². The van der Waals surface area contributed by atoms with Crippen molar-refractivity contribution in [1.29, 1.82) is 0 Å². The van der Waals surface area contributed by atoms with Gasteiger partial charge in [-0.3, -0.25) is 9.59 Å². The number of hydrogen-bond donors (Lipinski definition) is 1. The minimum atomic E-state index is -0.732. The van der Waals surface area contributed by atoms with Gasteiger partial charge in [0.1, 0.15) is 6.61 Å². The molecule has 1 aliphatic carbocycles. The van der Waals surface area contributed by atoms with Crippen LogP contribution in [-0.4, -0.2) is 78.6 Å². The Morgan fingerprint density at radius 3 is 2.05 bits per heavy atom. The Kier molecular flexibility index (Phi) is 7.58. The topological polar surface area (TPSA) is 82.2 Å². The highest BCUT2D eigenvalue weighted by atomic mass is 16.5. The second-order valence-corrected chi connectivity index (χ2v) is 10.4. The first-order valence-electron chi connectivity index (χ1n) is 13.3. The highest BCUT2D eigenvalue weighted by Crippen LogP contribution is 2.50. The van der Waals surface area contributed by atoms with Gasteiger partial charge in [-0.25, -0.2) is 9.69 Å². The smallest absolute Gasteiger partial charge is 0.327 e. The first kappa shape index (κ1) is 25.4. The van der Waals surface area contributed by atoms with E-state index in [9.17, 15) is 14.4 Å². The average Bonchev–Trinajstić information content (AvgIpc) is 2.95. The van der Waals surface area contributed by atoms with Crippen molar-refractivity contribution in [2.24, 2.45) is 5.41 Å². The van der Waals surface area contributed by atoms with Crippen LogP contribution in [0.4, 0.5) is 4.79 Å². The fourth-order valence-electron chi connectivity index (χ4n) is 5.85. The molecule has 196 valence electrons. The summed E-state index contributed by atoms with van der Waals surface area (Å²) in [4.78, 5) is 45.2. The predicted octanol–water partition coefficient (Wildman–Crippen LogP) is 3.40. The maximum absolute atomic E-state index is 13.6. The maximum atomic E-state index is 13.6. The molecule has 1 spiro atoms. The lowest BCUT2D eigenvalue weighted by molar-refractivity contribution is -0.216. The van der Waals surface area contributed by atoms with Gasteiger partial charge in [-0.15, -0.1) is 0 Å². The molecule has 8 heteroatoms. The number of likely N-dealkylation sites (tertiary alicyclic amines) is 1. The Bertz CT molecular complexity index is 1060. The second kappa shape index (κ2) is 11.0. The molecule has 0 radical (unpaired) electrons. The summed E-state index contributed by atoms with van der Waals surface area (Å²) in [6, 6.07) is 18.5. The molecule has 2 heterocycles. The number of nitrogens with one attached hydrogen (secondary N) is 1. The Labute approximate surface area is 218 Å². The molecule has 1 saturated carbocycles. The van der Waals surface area contributed by atoms with Crippen LogP contribution in [0.1, 0.15) is 49.3 Å². The first-order chi connectivity index (χ1) is 18.0. The normalized spacial score (nSPS) is 21.7. The van der Waals surface area contributed by atoms with Crippen molar-refractivity contribution in [2.75, 3.05) is 39.8 Å². The van der Waals surface area contributed by atoms with Gasteiger partial charge in [0.15, 0.2) is 6.23 Å². The molecule has 4 amide bonds. The summed E-state index contributed by atoms with van der Waals surface area (Å²) in [7, 11) is 2.04. The van der Waals surface area contributed by atoms with Crippen LogP contribution in [0.2, 0.25) is 0 Å². The van der Waals surface area contributed by atoms with Gasteiger partial charge >= 0.3 is 6.03 Å². The van der Waals surface area contributed by atoms with Crippen LogP contribution in [0, 0.1) is 5.41 Å². The monoisotopic (exact) mass is 504 g/mol. The molecule has 0 aromatic heterocycles. The molecule has 5 rings (SSSR count). The lowest BCUT2D eigenvalue weighted by Crippen LogP contribution is -2.73. The number of urea groups is 1. The van der Waals surface area contributed by atoms with E-state index >= 15 is 0 Å². The van der Waals surface area contributed by atoms with Crippen molar-refractivity contribution >= 4 is 17.8 Å². The zero-order valence-electron chi connectivity index (χ0n) is 21.5. The number of ether oxygens (including phenoxy) is 1. The number of piperazine rings is 1. The van der Waals surface area contributed by atoms with Crippen LogP contribution >= 0.6 is 0 Å². The zero-order chi connectivity index (χ0) is 25.8. The minimum absolute atomic E-state index is 0.0924. The average molecular weight is 505 g/mol. The van der Waals surface area contributed by atoms with E-state index in [-0.39, 0.29) is 18.4 Å². The standard InChI is InChI=1S/C29H36N4O4/c1-31-17-19-32(20-18-31)24(34)21-37-27-29(15-9-4-10-16-29)26(35)33(27)28(36)30-25(22-11-5-2-6-12-22)23-13-7-3-8-14-23/h2-3,5-8,11-14,25,27H,4,9-10,15-21H2,1H3,(H,30,36). The summed E-state index contributed by atoms with van der Waals surface area (Å²) in [5.74, 6) is -0.285. The van der Waals surface area contributed by atoms with Gasteiger partial charge in [0.25, 0.3) is 0 Å². The molecule has 0 bridgehead atoms. The van der Waals surface area contributed by atoms with Crippen molar-refractivity contribution in [3.8, 4) is 0 Å². The van der Waals surface area contributed by atoms with Gasteiger partial charge in [0.2, 0.25) is 11.8 Å². The first-order valence-corrected chi connectivity index (χ1v) is 13.3. The van der Waals surface area contributed by atoms with Crippen molar-refractivity contribution in [3.05, 3.63) is 71.8 Å². The van der Waals surface area contributed by atoms with Gasteiger partial charge in [-0.05, 0) is 31.0 Å². The minimum Gasteiger partial charge on any atom is -0.347 e. The summed E-state index contributed by atoms with van der Waals surface area (Å²) in [5, 5.41) is 3.08. The lowest BCUT2D eigenvalue weighted by Gasteiger charge is -2.55. The number of rotatable bonds is 6. The van der Waals surface area contributed by atoms with Gasteiger partial charge < -0.3 is 19.9 Å². The number of hydrogen-bond acceptors (Lipinski definition) is 5. The molecule has 2 aromatic carbocycles. The van der Waals surface area contributed by atoms with Crippen LogP contribution < -0.4 is 5.32 Å². The van der Waals surface area contributed by atoms with E-state index in [1.807, 2.05) is 67.7 Å². The number of carbonyl (C=O) groups is 3. The molecular weight excluding hydrogens is 468 g/mol. The highest BCUT2D eigenvalue weighted by Gasteiger charge is 2.64. The molecule has 8 nitrogen and oxygen atoms in total. The molecule has 1 atom stereocenters. The van der Waals surface area contributed by atoms with Gasteiger partial charge in [0, 0.05) is 26.2 Å². The SMILES string of the molecule is CN1CCN(C(=O)COC2N(C(=O)NC(c3ccccc3)c3ccccc3)C(=O)C23CCCCC3)CC1. The summed E-state index contributed by atoms with van der Waals surface area (Å²) >= 11 is 0. The van der Waals surface area contributed by atoms with Crippen molar-refractivity contribution in [3.63, 3.8) is 0 Å². The molecule has 2 saturated heterocycles. The number of benzene rings is 2. The molecule has 3 fully saturated rings. The summed E-state index contributed by atoms with van der Waals surface area (Å²) in [5.41, 5.74) is 1.13.